The van der Waals surface area contributed by atoms with Gasteiger partial charge in [-0.05, 0) is 0 Å². The van der Waals surface area contributed by atoms with Gasteiger partial charge < -0.3 is 4.74 Å². The molecule has 0 radical (unpaired) electrons. The minimum absolute atomic E-state index is 0.484. The molecule has 0 aliphatic carbocycles. The van der Waals surface area contributed by atoms with E-state index in [1.54, 1.807) is 0 Å². The van der Waals surface area contributed by atoms with Gasteiger partial charge in [0.05, 0.1) is 7.11 Å². The summed E-state index contributed by atoms with van der Waals surface area (Å²) in [5.74, 6) is -1.27. The van der Waals surface area contributed by atoms with Crippen LogP contribution >= 0.6 is 0 Å². The summed E-state index contributed by atoms with van der Waals surface area (Å²) in [5.41, 5.74) is 0. The molecule has 0 aliphatic heterocycles. The van der Waals surface area contributed by atoms with Crippen molar-refractivity contribution < 1.29 is 14.3 Å². The summed E-state index contributed by atoms with van der Waals surface area (Å²) in [6.45, 7) is 7.61. The van der Waals surface area contributed by atoms with E-state index in [0.29, 0.717) is 0 Å². The molecule has 0 spiro atoms. The van der Waals surface area contributed by atoms with Crippen molar-refractivity contribution in [1.82, 2.24) is 0 Å². The quantitative estimate of drug-likeness (QED) is 0.310. The van der Waals surface area contributed by atoms with Gasteiger partial charge in [-0.1, -0.05) is 0 Å². The molecule has 0 aromatic rings. The Bertz CT molecular complexity index is 192. The average Bonchev–Trinajstić information content (AvgIpc) is 1.88. The van der Waals surface area contributed by atoms with E-state index in [9.17, 15) is 9.59 Å². The number of rotatable bonds is 2. The van der Waals surface area contributed by atoms with Gasteiger partial charge in [-0.3, -0.25) is 9.64 Å². The van der Waals surface area contributed by atoms with E-state index in [0.717, 1.165) is 7.11 Å². The number of ketones is 1. The minimum Gasteiger partial charge on any atom is -0.463 e. The second kappa shape index (κ2) is 3.62. The molecule has 0 aliphatic rings. The number of carbonyl (C=O) groups is 2. The van der Waals surface area contributed by atoms with Crippen molar-refractivity contribution in [3.63, 3.8) is 0 Å². The maximum Gasteiger partial charge on any atom is 0.398 e. The molecular weight excluding hydrogens is 134 g/mol. The van der Waals surface area contributed by atoms with Crippen molar-refractivity contribution in [2.45, 2.75) is 13.0 Å². The third-order valence-corrected chi connectivity index (χ3v) is 0.939. The monoisotopic (exact) mass is 141 g/mol. The molecule has 10 heavy (non-hydrogen) atoms. The number of methoxy groups -OCH3 is 1. The number of hydrogen-bond donors (Lipinski definition) is 0. The average molecular weight is 141 g/mol. The largest absolute Gasteiger partial charge is 0.463 e. The molecule has 0 fully saturated rings. The van der Waals surface area contributed by atoms with Crippen LogP contribution < -0.4 is 0 Å². The zero-order chi connectivity index (χ0) is 8.15. The molecule has 0 saturated carbocycles. The van der Waals surface area contributed by atoms with E-state index < -0.39 is 17.8 Å². The molecule has 0 amide bonds. The van der Waals surface area contributed by atoms with Gasteiger partial charge in [0.2, 0.25) is 5.78 Å². The molecule has 4 nitrogen and oxygen atoms in total. The Balaban J connectivity index is 4.25. The van der Waals surface area contributed by atoms with Crippen molar-refractivity contribution >= 4 is 11.8 Å². The van der Waals surface area contributed by atoms with Gasteiger partial charge in [-0.25, -0.2) is 11.4 Å². The highest BCUT2D eigenvalue weighted by atomic mass is 16.5. The summed E-state index contributed by atoms with van der Waals surface area (Å²) in [6.07, 6.45) is 0. The van der Waals surface area contributed by atoms with Crippen LogP contribution in [-0.4, -0.2) is 24.9 Å². The lowest BCUT2D eigenvalue weighted by Crippen LogP contribution is -2.25. The summed E-state index contributed by atoms with van der Waals surface area (Å²) in [5, 5.41) is 0. The van der Waals surface area contributed by atoms with Crippen molar-refractivity contribution in [2.24, 2.45) is 0 Å². The van der Waals surface area contributed by atoms with Crippen molar-refractivity contribution in [1.29, 1.82) is 0 Å². The lowest BCUT2D eigenvalue weighted by atomic mass is 10.2. The fourth-order valence-electron chi connectivity index (χ4n) is 0.421. The molecule has 4 heteroatoms. The number of carbonyl (C=O) groups excluding carboxylic acids is 2. The normalized spacial score (nSPS) is 11.3. The Morgan fingerprint density at radius 2 is 2.10 bits per heavy atom. The van der Waals surface area contributed by atoms with E-state index >= 15 is 0 Å². The number of esters is 1. The topological polar surface area (TPSA) is 47.7 Å². The molecule has 0 saturated heterocycles. The second-order valence-electron chi connectivity index (χ2n) is 1.67. The highest BCUT2D eigenvalue weighted by molar-refractivity contribution is 6.03. The summed E-state index contributed by atoms with van der Waals surface area (Å²) in [4.78, 5) is 23.8. The van der Waals surface area contributed by atoms with Crippen molar-refractivity contribution in [3.05, 3.63) is 11.4 Å². The molecule has 0 aromatic carbocycles. The van der Waals surface area contributed by atoms with Crippen molar-refractivity contribution in [2.75, 3.05) is 7.11 Å². The summed E-state index contributed by atoms with van der Waals surface area (Å²) < 4.78 is 4.19. The smallest absolute Gasteiger partial charge is 0.398 e. The third-order valence-electron chi connectivity index (χ3n) is 0.939. The van der Waals surface area contributed by atoms with Gasteiger partial charge in [-0.15, -0.1) is 0 Å². The zero-order valence-corrected chi connectivity index (χ0v) is 5.75. The van der Waals surface area contributed by atoms with Gasteiger partial charge in [0.1, 0.15) is 0 Å². The first-order chi connectivity index (χ1) is 4.63. The fourth-order valence-corrected chi connectivity index (χ4v) is 0.421. The summed E-state index contributed by atoms with van der Waals surface area (Å²) in [6, 6.07) is -1.27. The Labute approximate surface area is 58.6 Å². The predicted molar refractivity (Wildman–Crippen MR) is 33.1 cm³/mol. The van der Waals surface area contributed by atoms with Crippen LogP contribution in [0, 0.1) is 6.57 Å². The number of hydrogen-bond acceptors (Lipinski definition) is 3. The fraction of sp³-hybridized carbons (Fsp3) is 0.500. The van der Waals surface area contributed by atoms with Crippen LogP contribution in [0.1, 0.15) is 6.92 Å². The van der Waals surface area contributed by atoms with Crippen LogP contribution in [0.2, 0.25) is 0 Å². The SMILES string of the molecule is [C-]#[N+]C(C(C)=O)C(=O)OC. The predicted octanol–water partition coefficient (Wildman–Crippen LogP) is 0.0363. The van der Waals surface area contributed by atoms with Crippen molar-refractivity contribution in [3.8, 4) is 0 Å². The Morgan fingerprint density at radius 3 is 2.20 bits per heavy atom. The molecule has 0 bridgehead atoms. The molecule has 1 unspecified atom stereocenters. The van der Waals surface area contributed by atoms with Crippen LogP contribution in [0.4, 0.5) is 0 Å². The Hall–Kier alpha value is -1.37. The van der Waals surface area contributed by atoms with Gasteiger partial charge in [-0.2, -0.15) is 0 Å². The molecule has 0 N–H and O–H groups in total. The number of Topliss-reactive ketones (excluding diaryl/α,β-unsaturated/α-hetero) is 1. The highest BCUT2D eigenvalue weighted by Gasteiger charge is 2.29. The van der Waals surface area contributed by atoms with Gasteiger partial charge in [0.25, 0.3) is 0 Å². The van der Waals surface area contributed by atoms with E-state index in [1.807, 2.05) is 0 Å². The van der Waals surface area contributed by atoms with E-state index in [4.69, 9.17) is 6.57 Å². The van der Waals surface area contributed by atoms with E-state index in [2.05, 4.69) is 9.58 Å². The van der Waals surface area contributed by atoms with Gasteiger partial charge in [0.15, 0.2) is 0 Å². The maximum atomic E-state index is 10.5. The number of nitrogens with zero attached hydrogens (tertiary/aromatic N) is 1. The standard InChI is InChI=1S/C6H7NO3/c1-4(8)5(7-2)6(9)10-3/h5H,1,3H3. The second-order valence-corrected chi connectivity index (χ2v) is 1.67. The van der Waals surface area contributed by atoms with E-state index in [1.165, 1.54) is 6.92 Å². The summed E-state index contributed by atoms with van der Waals surface area (Å²) >= 11 is 0. The third kappa shape index (κ3) is 1.86. The van der Waals surface area contributed by atoms with Gasteiger partial charge >= 0.3 is 12.0 Å². The molecule has 0 aromatic heterocycles. The first-order valence-corrected chi connectivity index (χ1v) is 2.58. The van der Waals surface area contributed by atoms with Crippen LogP contribution in [0.15, 0.2) is 0 Å². The van der Waals surface area contributed by atoms with Crippen LogP contribution in [-0.2, 0) is 14.3 Å². The van der Waals surface area contributed by atoms with E-state index in [-0.39, 0.29) is 0 Å². The maximum absolute atomic E-state index is 10.5. The van der Waals surface area contributed by atoms with Crippen LogP contribution in [0.5, 0.6) is 0 Å². The molecule has 54 valence electrons. The molecule has 0 rings (SSSR count). The molecule has 1 atom stereocenters. The Kier molecular flexibility index (Phi) is 3.12. The first-order valence-electron chi connectivity index (χ1n) is 2.58. The molecule has 0 heterocycles. The Morgan fingerprint density at radius 1 is 1.60 bits per heavy atom. The van der Waals surface area contributed by atoms with Gasteiger partial charge in [0, 0.05) is 6.92 Å². The molecular formula is C6H7NO3. The minimum atomic E-state index is -1.27. The first kappa shape index (κ1) is 8.63. The lowest BCUT2D eigenvalue weighted by Gasteiger charge is -1.96. The highest BCUT2D eigenvalue weighted by Crippen LogP contribution is 1.94. The van der Waals surface area contributed by atoms with Crippen LogP contribution in [0.25, 0.3) is 4.85 Å². The summed E-state index contributed by atoms with van der Waals surface area (Å²) in [7, 11) is 1.14. The lowest BCUT2D eigenvalue weighted by molar-refractivity contribution is -0.143. The zero-order valence-electron chi connectivity index (χ0n) is 5.75. The van der Waals surface area contributed by atoms with Crippen LogP contribution in [0.3, 0.4) is 0 Å². The number of ether oxygens (including phenoxy) is 1.